The molecule has 5 aromatic rings. The van der Waals surface area contributed by atoms with Gasteiger partial charge < -0.3 is 21.1 Å². The minimum Gasteiger partial charge on any atom is -0.397 e. The van der Waals surface area contributed by atoms with Crippen molar-refractivity contribution in [2.75, 3.05) is 43.7 Å². The van der Waals surface area contributed by atoms with Gasteiger partial charge >= 0.3 is 0 Å². The van der Waals surface area contributed by atoms with E-state index in [-0.39, 0.29) is 5.91 Å². The molecule has 3 heterocycles. The number of carbonyl (C=O) groups is 1. The Balaban J connectivity index is 1.26. The van der Waals surface area contributed by atoms with E-state index in [2.05, 4.69) is 44.2 Å². The number of rotatable bonds is 10. The molecule has 10 heteroatoms. The number of amides is 1. The standard InChI is InChI=1S/C28H29N7O2S/c1-34(13-14-37-2)16-19-7-12-26-30-15-25(35(26)17-19)24-18-38-28(33-24)31-21-10-8-20(9-11-21)27(36)32-23-6-4-3-5-22(23)29/h3-12,15,17-18H,13-14,16,29H2,1-2H3,(H,31,33)(H,32,36). The lowest BCUT2D eigenvalue weighted by Gasteiger charge is -2.16. The largest absolute Gasteiger partial charge is 0.397 e. The second kappa shape index (κ2) is 11.4. The second-order valence-electron chi connectivity index (χ2n) is 8.92. The van der Waals surface area contributed by atoms with Crippen LogP contribution in [0.1, 0.15) is 15.9 Å². The number of aromatic nitrogens is 3. The van der Waals surface area contributed by atoms with Crippen molar-refractivity contribution in [3.63, 3.8) is 0 Å². The van der Waals surface area contributed by atoms with Gasteiger partial charge in [-0.25, -0.2) is 9.97 Å². The van der Waals surface area contributed by atoms with Crippen LogP contribution in [0, 0.1) is 0 Å². The van der Waals surface area contributed by atoms with Crippen molar-refractivity contribution in [3.8, 4) is 11.4 Å². The summed E-state index contributed by atoms with van der Waals surface area (Å²) in [6.45, 7) is 2.37. The molecule has 0 aliphatic carbocycles. The maximum atomic E-state index is 12.6. The highest BCUT2D eigenvalue weighted by molar-refractivity contribution is 7.14. The summed E-state index contributed by atoms with van der Waals surface area (Å²) in [6, 6.07) is 18.5. The van der Waals surface area contributed by atoms with Crippen LogP contribution in [-0.4, -0.2) is 52.5 Å². The highest BCUT2D eigenvalue weighted by Gasteiger charge is 2.12. The van der Waals surface area contributed by atoms with Gasteiger partial charge in [0.15, 0.2) is 5.13 Å². The number of hydrogen-bond acceptors (Lipinski definition) is 8. The number of methoxy groups -OCH3 is 1. The Bertz CT molecular complexity index is 1540. The monoisotopic (exact) mass is 527 g/mol. The van der Waals surface area contributed by atoms with Crippen molar-refractivity contribution >= 4 is 45.1 Å². The Morgan fingerprint density at radius 3 is 2.74 bits per heavy atom. The number of hydrogen-bond donors (Lipinski definition) is 3. The SMILES string of the molecule is COCCN(C)Cc1ccc2ncc(-c3csc(Nc4ccc(C(=O)Nc5ccccc5N)cc4)n3)n2c1. The molecule has 0 fully saturated rings. The predicted molar refractivity (Wildman–Crippen MR) is 153 cm³/mol. The second-order valence-corrected chi connectivity index (χ2v) is 9.78. The van der Waals surface area contributed by atoms with E-state index >= 15 is 0 Å². The number of thiazole rings is 1. The number of nitrogens with two attached hydrogens (primary N) is 1. The van der Waals surface area contributed by atoms with E-state index in [4.69, 9.17) is 15.5 Å². The summed E-state index contributed by atoms with van der Waals surface area (Å²) in [5.74, 6) is -0.220. The first-order valence-electron chi connectivity index (χ1n) is 12.1. The van der Waals surface area contributed by atoms with Crippen LogP contribution in [0.15, 0.2) is 78.4 Å². The average molecular weight is 528 g/mol. The zero-order valence-electron chi connectivity index (χ0n) is 21.2. The van der Waals surface area contributed by atoms with Crippen LogP contribution in [0.25, 0.3) is 17.0 Å². The lowest BCUT2D eigenvalue weighted by molar-refractivity contribution is 0.102. The smallest absolute Gasteiger partial charge is 0.255 e. The molecule has 38 heavy (non-hydrogen) atoms. The van der Waals surface area contributed by atoms with Crippen LogP contribution in [0.5, 0.6) is 0 Å². The quantitative estimate of drug-likeness (QED) is 0.216. The van der Waals surface area contributed by atoms with Crippen molar-refractivity contribution in [1.82, 2.24) is 19.3 Å². The van der Waals surface area contributed by atoms with Gasteiger partial charge in [-0.3, -0.25) is 14.1 Å². The molecule has 194 valence electrons. The molecule has 9 nitrogen and oxygen atoms in total. The first-order chi connectivity index (χ1) is 18.5. The summed E-state index contributed by atoms with van der Waals surface area (Å²) in [5, 5.41) is 8.92. The van der Waals surface area contributed by atoms with Crippen LogP contribution in [0.4, 0.5) is 22.2 Å². The number of nitrogen functional groups attached to an aromatic ring is 1. The summed E-state index contributed by atoms with van der Waals surface area (Å²) in [4.78, 5) is 24.1. The van der Waals surface area contributed by atoms with E-state index in [1.165, 1.54) is 16.9 Å². The molecule has 0 atom stereocenters. The van der Waals surface area contributed by atoms with E-state index in [0.29, 0.717) is 23.5 Å². The third kappa shape index (κ3) is 5.83. The van der Waals surface area contributed by atoms with Crippen LogP contribution >= 0.6 is 11.3 Å². The van der Waals surface area contributed by atoms with E-state index < -0.39 is 0 Å². The number of nitrogens with zero attached hydrogens (tertiary/aromatic N) is 4. The number of fused-ring (bicyclic) bond motifs is 1. The van der Waals surface area contributed by atoms with Crippen molar-refractivity contribution in [1.29, 1.82) is 0 Å². The Morgan fingerprint density at radius 2 is 1.95 bits per heavy atom. The summed E-state index contributed by atoms with van der Waals surface area (Å²) in [6.07, 6.45) is 3.96. The highest BCUT2D eigenvalue weighted by atomic mass is 32.1. The van der Waals surface area contributed by atoms with Crippen molar-refractivity contribution in [2.45, 2.75) is 6.54 Å². The molecule has 0 bridgehead atoms. The number of pyridine rings is 1. The number of carbonyl (C=O) groups excluding carboxylic acids is 1. The fraction of sp³-hybridized carbons (Fsp3) is 0.179. The topological polar surface area (TPSA) is 110 Å². The van der Waals surface area contributed by atoms with Crippen molar-refractivity contribution in [3.05, 3.63) is 89.6 Å². The van der Waals surface area contributed by atoms with E-state index in [0.717, 1.165) is 40.9 Å². The zero-order chi connectivity index (χ0) is 26.5. The van der Waals surface area contributed by atoms with Gasteiger partial charge in [-0.2, -0.15) is 0 Å². The predicted octanol–water partition coefficient (Wildman–Crippen LogP) is 5.11. The molecular weight excluding hydrogens is 498 g/mol. The van der Waals surface area contributed by atoms with Gasteiger partial charge in [-0.1, -0.05) is 18.2 Å². The van der Waals surface area contributed by atoms with Gasteiger partial charge in [-0.05, 0) is 55.1 Å². The highest BCUT2D eigenvalue weighted by Crippen LogP contribution is 2.28. The van der Waals surface area contributed by atoms with Crippen LogP contribution in [0.3, 0.4) is 0 Å². The number of nitrogens with one attached hydrogen (secondary N) is 2. The van der Waals surface area contributed by atoms with Gasteiger partial charge in [-0.15, -0.1) is 11.3 Å². The van der Waals surface area contributed by atoms with Crippen molar-refractivity contribution in [2.24, 2.45) is 0 Å². The lowest BCUT2D eigenvalue weighted by Crippen LogP contribution is -2.22. The summed E-state index contributed by atoms with van der Waals surface area (Å²) in [5.41, 5.74) is 12.2. The first-order valence-corrected chi connectivity index (χ1v) is 13.0. The zero-order valence-corrected chi connectivity index (χ0v) is 22.0. The third-order valence-electron chi connectivity index (χ3n) is 6.07. The maximum Gasteiger partial charge on any atom is 0.255 e. The number of anilines is 4. The summed E-state index contributed by atoms with van der Waals surface area (Å²) < 4.78 is 7.25. The molecule has 0 aliphatic heterocycles. The molecule has 0 aliphatic rings. The molecule has 3 aromatic heterocycles. The average Bonchev–Trinajstić information content (AvgIpc) is 3.55. The summed E-state index contributed by atoms with van der Waals surface area (Å²) >= 11 is 1.51. The van der Waals surface area contributed by atoms with Crippen LogP contribution in [0.2, 0.25) is 0 Å². The Labute approximate surface area is 224 Å². The van der Waals surface area contributed by atoms with E-state index in [9.17, 15) is 4.79 Å². The number of imidazole rings is 1. The van der Waals surface area contributed by atoms with Gasteiger partial charge in [0.1, 0.15) is 11.3 Å². The fourth-order valence-corrected chi connectivity index (χ4v) is 4.75. The molecule has 5 rings (SSSR count). The van der Waals surface area contributed by atoms with Crippen LogP contribution in [-0.2, 0) is 11.3 Å². The molecule has 0 spiro atoms. The molecule has 0 saturated carbocycles. The molecule has 0 unspecified atom stereocenters. The van der Waals surface area contributed by atoms with Crippen LogP contribution < -0.4 is 16.4 Å². The first kappa shape index (κ1) is 25.4. The number of likely N-dealkylation sites (N-methyl/N-ethyl adjacent to an activating group) is 1. The van der Waals surface area contributed by atoms with E-state index in [1.54, 1.807) is 31.4 Å². The van der Waals surface area contributed by atoms with Gasteiger partial charge in [0, 0.05) is 43.0 Å². The molecule has 0 saturated heterocycles. The Morgan fingerprint density at radius 1 is 1.13 bits per heavy atom. The Kier molecular flexibility index (Phi) is 7.64. The number of para-hydroxylation sites is 2. The third-order valence-corrected chi connectivity index (χ3v) is 6.83. The van der Waals surface area contributed by atoms with Gasteiger partial charge in [0.2, 0.25) is 0 Å². The minimum atomic E-state index is -0.220. The molecule has 2 aromatic carbocycles. The lowest BCUT2D eigenvalue weighted by atomic mass is 10.2. The van der Waals surface area contributed by atoms with Gasteiger partial charge in [0.05, 0.1) is 29.9 Å². The van der Waals surface area contributed by atoms with E-state index in [1.807, 2.05) is 41.9 Å². The Hall–Kier alpha value is -4.25. The number of benzene rings is 2. The molecule has 4 N–H and O–H groups in total. The van der Waals surface area contributed by atoms with Gasteiger partial charge in [0.25, 0.3) is 5.91 Å². The number of ether oxygens (including phenoxy) is 1. The van der Waals surface area contributed by atoms with Crippen molar-refractivity contribution < 1.29 is 9.53 Å². The maximum absolute atomic E-state index is 12.6. The minimum absolute atomic E-state index is 0.220. The fourth-order valence-electron chi connectivity index (χ4n) is 4.03. The molecule has 0 radical (unpaired) electrons. The molecule has 1 amide bonds. The summed E-state index contributed by atoms with van der Waals surface area (Å²) in [7, 11) is 3.79. The normalized spacial score (nSPS) is 11.2. The molecular formula is C28H29N7O2S.